The number of Topliss-reactive ketones (excluding diaryl/α,β-unsaturated/α-hetero) is 1. The Kier molecular flexibility index (Phi) is 7.22. The molecule has 1 aliphatic heterocycles. The Labute approximate surface area is 205 Å². The minimum absolute atomic E-state index is 0.0846. The van der Waals surface area contributed by atoms with Gasteiger partial charge in [0.2, 0.25) is 0 Å². The molecule has 3 aromatic rings. The van der Waals surface area contributed by atoms with Crippen LogP contribution in [-0.4, -0.2) is 48.6 Å². The lowest BCUT2D eigenvalue weighted by molar-refractivity contribution is -0.140. The minimum atomic E-state index is -0.731. The highest BCUT2D eigenvalue weighted by Crippen LogP contribution is 2.42. The van der Waals surface area contributed by atoms with Crippen molar-refractivity contribution in [2.24, 2.45) is 0 Å². The van der Waals surface area contributed by atoms with Gasteiger partial charge in [0, 0.05) is 19.2 Å². The zero-order chi connectivity index (χ0) is 25.1. The van der Waals surface area contributed by atoms with Gasteiger partial charge in [0.05, 0.1) is 24.8 Å². The molecule has 182 valence electrons. The molecule has 0 spiro atoms. The Morgan fingerprint density at radius 2 is 1.80 bits per heavy atom. The Bertz CT molecular complexity index is 1290. The molecule has 0 bridgehead atoms. The van der Waals surface area contributed by atoms with Crippen LogP contribution in [0.5, 0.6) is 5.75 Å². The highest BCUT2D eigenvalue weighted by Gasteiger charge is 2.46. The molecule has 0 saturated carbocycles. The summed E-state index contributed by atoms with van der Waals surface area (Å²) in [5.74, 6) is -0.647. The second-order valence-electron chi connectivity index (χ2n) is 8.89. The number of ketones is 1. The van der Waals surface area contributed by atoms with Gasteiger partial charge in [-0.05, 0) is 52.9 Å². The fourth-order valence-electron chi connectivity index (χ4n) is 4.70. The lowest BCUT2D eigenvalue weighted by Crippen LogP contribution is -2.32. The van der Waals surface area contributed by atoms with E-state index < -0.39 is 17.7 Å². The summed E-state index contributed by atoms with van der Waals surface area (Å²) >= 11 is 0. The van der Waals surface area contributed by atoms with E-state index in [1.165, 1.54) is 4.90 Å². The second-order valence-corrected chi connectivity index (χ2v) is 8.89. The van der Waals surface area contributed by atoms with Crippen LogP contribution in [0.15, 0.2) is 66.2 Å². The number of methoxy groups -OCH3 is 1. The molecule has 35 heavy (non-hydrogen) atoms. The number of aliphatic hydroxyl groups is 1. The molecule has 0 aromatic heterocycles. The molecule has 4 rings (SSSR count). The normalized spacial score (nSPS) is 17.5. The summed E-state index contributed by atoms with van der Waals surface area (Å²) in [4.78, 5) is 28.0. The minimum Gasteiger partial charge on any atom is -0.507 e. The van der Waals surface area contributed by atoms with E-state index in [0.29, 0.717) is 12.2 Å². The maximum Gasteiger partial charge on any atom is 0.295 e. The van der Waals surface area contributed by atoms with Crippen molar-refractivity contribution in [3.05, 3.63) is 82.9 Å². The van der Waals surface area contributed by atoms with E-state index in [0.717, 1.165) is 27.6 Å². The van der Waals surface area contributed by atoms with Gasteiger partial charge in [0.15, 0.2) is 0 Å². The molecular weight excluding hydrogens is 442 g/mol. The lowest BCUT2D eigenvalue weighted by atomic mass is 9.90. The largest absolute Gasteiger partial charge is 0.507 e. The van der Waals surface area contributed by atoms with Gasteiger partial charge < -0.3 is 19.5 Å². The molecular formula is C29H31NO5. The third-order valence-electron chi connectivity index (χ3n) is 6.40. The van der Waals surface area contributed by atoms with Gasteiger partial charge in [-0.1, -0.05) is 56.3 Å². The van der Waals surface area contributed by atoms with Crippen LogP contribution >= 0.6 is 0 Å². The number of aliphatic hydroxyl groups excluding tert-OH is 1. The van der Waals surface area contributed by atoms with Gasteiger partial charge in [-0.2, -0.15) is 0 Å². The predicted octanol–water partition coefficient (Wildman–Crippen LogP) is 5.43. The van der Waals surface area contributed by atoms with Crippen molar-refractivity contribution in [1.82, 2.24) is 4.90 Å². The standard InChI is InChI=1S/C29H31NO5/c1-5-35-24-14-13-20(17-23(24)18(2)3)27(31)25-26(30(15-16-34-4)29(33)28(25)32)22-12-8-10-19-9-6-7-11-21(19)22/h6-14,17-18,26,31H,5,15-16H2,1-4H3/b27-25+. The van der Waals surface area contributed by atoms with E-state index >= 15 is 0 Å². The van der Waals surface area contributed by atoms with Crippen LogP contribution in [0.1, 0.15) is 49.4 Å². The van der Waals surface area contributed by atoms with Gasteiger partial charge in [-0.15, -0.1) is 0 Å². The van der Waals surface area contributed by atoms with E-state index in [-0.39, 0.29) is 30.4 Å². The Hall–Kier alpha value is -3.64. The van der Waals surface area contributed by atoms with Gasteiger partial charge >= 0.3 is 0 Å². The van der Waals surface area contributed by atoms with Crippen molar-refractivity contribution in [2.75, 3.05) is 26.9 Å². The molecule has 1 amide bonds. The molecule has 0 radical (unpaired) electrons. The molecule has 1 heterocycles. The first-order valence-corrected chi connectivity index (χ1v) is 11.9. The van der Waals surface area contributed by atoms with Gasteiger partial charge in [-0.25, -0.2) is 0 Å². The molecule has 6 nitrogen and oxygen atoms in total. The van der Waals surface area contributed by atoms with Crippen LogP contribution in [0.4, 0.5) is 0 Å². The summed E-state index contributed by atoms with van der Waals surface area (Å²) < 4.78 is 11.0. The number of likely N-dealkylation sites (tertiary alicyclic amines) is 1. The number of fused-ring (bicyclic) bond motifs is 1. The predicted molar refractivity (Wildman–Crippen MR) is 137 cm³/mol. The molecule has 1 aliphatic rings. The summed E-state index contributed by atoms with van der Waals surface area (Å²) in [6.45, 7) is 7.03. The number of amides is 1. The zero-order valence-electron chi connectivity index (χ0n) is 20.6. The molecule has 1 fully saturated rings. The Balaban J connectivity index is 1.93. The van der Waals surface area contributed by atoms with Gasteiger partial charge in [0.25, 0.3) is 11.7 Å². The highest BCUT2D eigenvalue weighted by molar-refractivity contribution is 6.46. The quantitative estimate of drug-likeness (QED) is 0.268. The van der Waals surface area contributed by atoms with Gasteiger partial charge in [-0.3, -0.25) is 9.59 Å². The second kappa shape index (κ2) is 10.3. The van der Waals surface area contributed by atoms with Crippen LogP contribution in [0.25, 0.3) is 16.5 Å². The van der Waals surface area contributed by atoms with Gasteiger partial charge in [0.1, 0.15) is 11.5 Å². The number of nitrogens with zero attached hydrogens (tertiary/aromatic N) is 1. The molecule has 1 saturated heterocycles. The van der Waals surface area contributed by atoms with Crippen LogP contribution in [0.3, 0.4) is 0 Å². The van der Waals surface area contributed by atoms with Crippen molar-refractivity contribution in [2.45, 2.75) is 32.7 Å². The molecule has 3 aromatic carbocycles. The zero-order valence-corrected chi connectivity index (χ0v) is 20.6. The number of carbonyl (C=O) groups excluding carboxylic acids is 2. The SMILES string of the molecule is CCOc1ccc(/C(O)=C2\C(=O)C(=O)N(CCOC)C2c2cccc3ccccc23)cc1C(C)C. The first-order valence-electron chi connectivity index (χ1n) is 11.9. The van der Waals surface area contributed by atoms with E-state index in [1.54, 1.807) is 13.2 Å². The fourth-order valence-corrected chi connectivity index (χ4v) is 4.70. The number of hydrogen-bond acceptors (Lipinski definition) is 5. The molecule has 6 heteroatoms. The summed E-state index contributed by atoms with van der Waals surface area (Å²) in [7, 11) is 1.55. The highest BCUT2D eigenvalue weighted by atomic mass is 16.5. The third-order valence-corrected chi connectivity index (χ3v) is 6.40. The number of carbonyl (C=O) groups is 2. The maximum atomic E-state index is 13.3. The Morgan fingerprint density at radius 1 is 1.06 bits per heavy atom. The molecule has 1 unspecified atom stereocenters. The average Bonchev–Trinajstić information content (AvgIpc) is 3.11. The summed E-state index contributed by atoms with van der Waals surface area (Å²) in [6, 6.07) is 18.3. The monoisotopic (exact) mass is 473 g/mol. The van der Waals surface area contributed by atoms with E-state index in [9.17, 15) is 14.7 Å². The van der Waals surface area contributed by atoms with Crippen molar-refractivity contribution >= 4 is 28.2 Å². The van der Waals surface area contributed by atoms with Crippen molar-refractivity contribution in [3.8, 4) is 5.75 Å². The summed E-state index contributed by atoms with van der Waals surface area (Å²) in [5.41, 5.74) is 2.27. The Morgan fingerprint density at radius 3 is 2.51 bits per heavy atom. The topological polar surface area (TPSA) is 76.1 Å². The van der Waals surface area contributed by atoms with Crippen LogP contribution in [-0.2, 0) is 14.3 Å². The van der Waals surface area contributed by atoms with Crippen LogP contribution < -0.4 is 4.74 Å². The molecule has 0 aliphatic carbocycles. The molecule has 1 atom stereocenters. The van der Waals surface area contributed by atoms with Crippen molar-refractivity contribution < 1.29 is 24.2 Å². The first kappa shape index (κ1) is 24.5. The lowest BCUT2D eigenvalue weighted by Gasteiger charge is -2.26. The fraction of sp³-hybridized carbons (Fsp3) is 0.310. The number of rotatable bonds is 8. The summed E-state index contributed by atoms with van der Waals surface area (Å²) in [5, 5.41) is 13.4. The first-order chi connectivity index (χ1) is 16.9. The number of ether oxygens (including phenoxy) is 2. The molecule has 1 N–H and O–H groups in total. The van der Waals surface area contributed by atoms with E-state index in [2.05, 4.69) is 0 Å². The number of hydrogen-bond donors (Lipinski definition) is 1. The van der Waals surface area contributed by atoms with E-state index in [4.69, 9.17) is 9.47 Å². The van der Waals surface area contributed by atoms with Crippen LogP contribution in [0, 0.1) is 0 Å². The third kappa shape index (κ3) is 4.54. The number of benzene rings is 3. The van der Waals surface area contributed by atoms with Crippen LogP contribution in [0.2, 0.25) is 0 Å². The summed E-state index contributed by atoms with van der Waals surface area (Å²) in [6.07, 6.45) is 0. The average molecular weight is 474 g/mol. The smallest absolute Gasteiger partial charge is 0.295 e. The van der Waals surface area contributed by atoms with Crippen molar-refractivity contribution in [3.63, 3.8) is 0 Å². The maximum absolute atomic E-state index is 13.3. The van der Waals surface area contributed by atoms with E-state index in [1.807, 2.05) is 75.4 Å². The van der Waals surface area contributed by atoms with Crippen molar-refractivity contribution in [1.29, 1.82) is 0 Å².